The molecule has 5 rings (SSSR count). The number of nitrogens with one attached hydrogen (secondary N) is 1. The van der Waals surface area contributed by atoms with Crippen LogP contribution in [-0.4, -0.2) is 44.5 Å². The van der Waals surface area contributed by atoms with Crippen LogP contribution in [0.2, 0.25) is 0 Å². The van der Waals surface area contributed by atoms with E-state index in [2.05, 4.69) is 14.1 Å². The lowest BCUT2D eigenvalue weighted by molar-refractivity contribution is -0.143. The number of carbonyl (C=O) groups excluding carboxylic acids is 3. The zero-order valence-corrected chi connectivity index (χ0v) is 19.8. The molecule has 1 N–H and O–H groups in total. The summed E-state index contributed by atoms with van der Waals surface area (Å²) in [6, 6.07) is 12.7. The lowest BCUT2D eigenvalue weighted by Crippen LogP contribution is -2.45. The fourth-order valence-electron chi connectivity index (χ4n) is 5.15. The van der Waals surface area contributed by atoms with Crippen LogP contribution in [0.15, 0.2) is 42.5 Å². The van der Waals surface area contributed by atoms with E-state index in [4.69, 9.17) is 4.74 Å². The summed E-state index contributed by atoms with van der Waals surface area (Å²) in [7, 11) is 1.57. The first-order chi connectivity index (χ1) is 16.5. The van der Waals surface area contributed by atoms with Gasteiger partial charge < -0.3 is 10.1 Å². The number of hydrogen-bond acceptors (Lipinski definition) is 7. The first-order valence-corrected chi connectivity index (χ1v) is 12.2. The van der Waals surface area contributed by atoms with Crippen LogP contribution in [0.25, 0.3) is 11.0 Å². The van der Waals surface area contributed by atoms with Gasteiger partial charge in [0, 0.05) is 25.4 Å². The third-order valence-electron chi connectivity index (χ3n) is 6.95. The SMILES string of the molecule is COc1ccc([C@@]2(CC(=O)NCc3ccc4nsnc4c3)CC(=O)N(C3CCCC3)C2=O)cc1. The molecular formula is C25H26N4O4S. The van der Waals surface area contributed by atoms with E-state index in [-0.39, 0.29) is 36.6 Å². The average Bonchev–Trinajstić information content (AvgIpc) is 3.58. The molecule has 34 heavy (non-hydrogen) atoms. The van der Waals surface area contributed by atoms with E-state index < -0.39 is 5.41 Å². The van der Waals surface area contributed by atoms with E-state index in [0.29, 0.717) is 17.9 Å². The second-order valence-electron chi connectivity index (χ2n) is 9.04. The largest absolute Gasteiger partial charge is 0.497 e. The molecular weight excluding hydrogens is 452 g/mol. The molecule has 2 aromatic carbocycles. The monoisotopic (exact) mass is 478 g/mol. The molecule has 1 saturated heterocycles. The molecule has 3 aromatic rings. The minimum absolute atomic E-state index is 0.00145. The molecule has 3 amide bonds. The summed E-state index contributed by atoms with van der Waals surface area (Å²) in [4.78, 5) is 41.4. The van der Waals surface area contributed by atoms with E-state index in [9.17, 15) is 14.4 Å². The quantitative estimate of drug-likeness (QED) is 0.523. The first-order valence-electron chi connectivity index (χ1n) is 11.5. The van der Waals surface area contributed by atoms with Gasteiger partial charge in [-0.3, -0.25) is 19.3 Å². The van der Waals surface area contributed by atoms with Crippen molar-refractivity contribution in [2.45, 2.75) is 56.5 Å². The predicted molar refractivity (Wildman–Crippen MR) is 127 cm³/mol. The predicted octanol–water partition coefficient (Wildman–Crippen LogP) is 3.35. The maximum absolute atomic E-state index is 13.8. The second kappa shape index (κ2) is 9.13. The number of likely N-dealkylation sites (tertiary alicyclic amines) is 1. The van der Waals surface area contributed by atoms with Crippen molar-refractivity contribution in [3.63, 3.8) is 0 Å². The highest BCUT2D eigenvalue weighted by Crippen LogP contribution is 2.43. The van der Waals surface area contributed by atoms with Gasteiger partial charge in [0.25, 0.3) is 0 Å². The smallest absolute Gasteiger partial charge is 0.241 e. The number of carbonyl (C=O) groups is 3. The van der Waals surface area contributed by atoms with Gasteiger partial charge in [0.2, 0.25) is 17.7 Å². The Balaban J connectivity index is 1.39. The van der Waals surface area contributed by atoms with Gasteiger partial charge in [0.15, 0.2) is 0 Å². The van der Waals surface area contributed by atoms with Crippen LogP contribution in [0.5, 0.6) is 5.75 Å². The van der Waals surface area contributed by atoms with E-state index in [0.717, 1.165) is 54.0 Å². The zero-order chi connectivity index (χ0) is 23.7. The lowest BCUT2D eigenvalue weighted by Gasteiger charge is -2.29. The van der Waals surface area contributed by atoms with Crippen molar-refractivity contribution in [2.75, 3.05) is 7.11 Å². The highest BCUT2D eigenvalue weighted by Gasteiger charge is 2.55. The Bertz CT molecular complexity index is 1240. The van der Waals surface area contributed by atoms with E-state index in [1.54, 1.807) is 31.4 Å². The van der Waals surface area contributed by atoms with Gasteiger partial charge in [0.1, 0.15) is 16.8 Å². The number of rotatable bonds is 7. The van der Waals surface area contributed by atoms with E-state index in [1.165, 1.54) is 4.90 Å². The molecule has 176 valence electrons. The van der Waals surface area contributed by atoms with Crippen molar-refractivity contribution in [1.29, 1.82) is 0 Å². The van der Waals surface area contributed by atoms with Crippen molar-refractivity contribution in [3.8, 4) is 5.75 Å². The Labute approximate surface area is 201 Å². The third kappa shape index (κ3) is 4.04. The van der Waals surface area contributed by atoms with Crippen LogP contribution in [0.4, 0.5) is 0 Å². The molecule has 0 unspecified atom stereocenters. The summed E-state index contributed by atoms with van der Waals surface area (Å²) in [5, 5.41) is 2.93. The number of amides is 3. The van der Waals surface area contributed by atoms with Crippen molar-refractivity contribution >= 4 is 40.5 Å². The standard InChI is InChI=1S/C25H26N4O4S/c1-33-19-9-7-17(8-10-19)25(14-23(31)29(24(25)32)18-4-2-3-5-18)13-22(30)26-15-16-6-11-20-21(12-16)28-34-27-20/h6-12,18H,2-5,13-15H2,1H3,(H,26,30)/t25-/m1/s1. The first kappa shape index (κ1) is 22.5. The Hall–Kier alpha value is -3.33. The number of benzene rings is 2. The summed E-state index contributed by atoms with van der Waals surface area (Å²) >= 11 is 1.15. The zero-order valence-electron chi connectivity index (χ0n) is 19.0. The van der Waals surface area contributed by atoms with Crippen molar-refractivity contribution < 1.29 is 19.1 Å². The fourth-order valence-corrected chi connectivity index (χ4v) is 5.66. The molecule has 9 heteroatoms. The van der Waals surface area contributed by atoms with Gasteiger partial charge in [-0.25, -0.2) is 0 Å². The maximum Gasteiger partial charge on any atom is 0.241 e. The Kier molecular flexibility index (Phi) is 6.03. The van der Waals surface area contributed by atoms with Crippen LogP contribution in [-0.2, 0) is 26.3 Å². The van der Waals surface area contributed by atoms with Gasteiger partial charge in [-0.15, -0.1) is 0 Å². The molecule has 1 aliphatic heterocycles. The average molecular weight is 479 g/mol. The van der Waals surface area contributed by atoms with Crippen LogP contribution in [0.3, 0.4) is 0 Å². The van der Waals surface area contributed by atoms with Crippen molar-refractivity contribution in [3.05, 3.63) is 53.6 Å². The van der Waals surface area contributed by atoms with Gasteiger partial charge in [-0.1, -0.05) is 31.0 Å². The van der Waals surface area contributed by atoms with Crippen molar-refractivity contribution in [1.82, 2.24) is 19.0 Å². The minimum atomic E-state index is -1.21. The molecule has 2 aliphatic rings. The Morgan fingerprint density at radius 3 is 2.59 bits per heavy atom. The summed E-state index contributed by atoms with van der Waals surface area (Å²) < 4.78 is 13.7. The summed E-state index contributed by atoms with van der Waals surface area (Å²) in [5.74, 6) is -0.0804. The lowest BCUT2D eigenvalue weighted by atomic mass is 9.75. The normalized spacial score (nSPS) is 20.9. The minimum Gasteiger partial charge on any atom is -0.497 e. The maximum atomic E-state index is 13.8. The number of imide groups is 1. The number of methoxy groups -OCH3 is 1. The van der Waals surface area contributed by atoms with Crippen LogP contribution < -0.4 is 10.1 Å². The molecule has 8 nitrogen and oxygen atoms in total. The number of ether oxygens (including phenoxy) is 1. The van der Waals surface area contributed by atoms with Crippen molar-refractivity contribution in [2.24, 2.45) is 0 Å². The fraction of sp³-hybridized carbons (Fsp3) is 0.400. The number of aromatic nitrogens is 2. The summed E-state index contributed by atoms with van der Waals surface area (Å²) in [5.41, 5.74) is 1.96. The highest BCUT2D eigenvalue weighted by atomic mass is 32.1. The van der Waals surface area contributed by atoms with Gasteiger partial charge in [0.05, 0.1) is 24.3 Å². The number of fused-ring (bicyclic) bond motifs is 1. The summed E-state index contributed by atoms with van der Waals surface area (Å²) in [6.45, 7) is 0.305. The molecule has 0 spiro atoms. The van der Waals surface area contributed by atoms with Gasteiger partial charge in [-0.2, -0.15) is 8.75 Å². The van der Waals surface area contributed by atoms with E-state index >= 15 is 0 Å². The third-order valence-corrected chi connectivity index (χ3v) is 7.51. The summed E-state index contributed by atoms with van der Waals surface area (Å²) in [6.07, 6.45) is 3.59. The van der Waals surface area contributed by atoms with Crippen LogP contribution in [0.1, 0.15) is 49.7 Å². The molecule has 0 radical (unpaired) electrons. The highest BCUT2D eigenvalue weighted by molar-refractivity contribution is 7.00. The molecule has 1 aliphatic carbocycles. The number of nitrogens with zero attached hydrogens (tertiary/aromatic N) is 3. The topological polar surface area (TPSA) is 101 Å². The molecule has 1 atom stereocenters. The van der Waals surface area contributed by atoms with Crippen LogP contribution in [0, 0.1) is 0 Å². The molecule has 1 saturated carbocycles. The van der Waals surface area contributed by atoms with E-state index in [1.807, 2.05) is 18.2 Å². The Morgan fingerprint density at radius 2 is 1.85 bits per heavy atom. The molecule has 1 aromatic heterocycles. The van der Waals surface area contributed by atoms with Gasteiger partial charge in [-0.05, 0) is 48.2 Å². The van der Waals surface area contributed by atoms with Gasteiger partial charge >= 0.3 is 0 Å². The molecule has 2 heterocycles. The number of hydrogen-bond donors (Lipinski definition) is 1. The Morgan fingerprint density at radius 1 is 1.12 bits per heavy atom. The second-order valence-corrected chi connectivity index (χ2v) is 9.56. The molecule has 0 bridgehead atoms. The van der Waals surface area contributed by atoms with Crippen LogP contribution >= 0.6 is 11.7 Å². The molecule has 2 fully saturated rings.